The van der Waals surface area contributed by atoms with Gasteiger partial charge in [0.05, 0.1) is 5.69 Å². The van der Waals surface area contributed by atoms with E-state index in [-0.39, 0.29) is 15.2 Å². The third-order valence-corrected chi connectivity index (χ3v) is 5.87. The standard InChI is InChI=1S/C10H13ClN4O2S2/c1-7-9(18-10(11)14-7)19(16,17)13-4-3-8-12-5-6-15(8)2/h5-6,13H,3-4H2,1-2H3. The number of rotatable bonds is 5. The number of sulfonamides is 1. The van der Waals surface area contributed by atoms with E-state index in [1.807, 2.05) is 17.8 Å². The first-order chi connectivity index (χ1) is 8.90. The third kappa shape index (κ3) is 3.33. The average molecular weight is 321 g/mol. The predicted molar refractivity (Wildman–Crippen MR) is 74.0 cm³/mol. The monoisotopic (exact) mass is 320 g/mol. The summed E-state index contributed by atoms with van der Waals surface area (Å²) in [6, 6.07) is 0. The number of nitrogens with one attached hydrogen (secondary N) is 1. The molecule has 0 bridgehead atoms. The van der Waals surface area contributed by atoms with Crippen LogP contribution in [-0.2, 0) is 23.5 Å². The van der Waals surface area contributed by atoms with Crippen molar-refractivity contribution in [3.05, 3.63) is 28.4 Å². The van der Waals surface area contributed by atoms with Crippen LogP contribution in [0.25, 0.3) is 0 Å². The van der Waals surface area contributed by atoms with Gasteiger partial charge < -0.3 is 4.57 Å². The summed E-state index contributed by atoms with van der Waals surface area (Å²) in [5, 5.41) is 0. The lowest BCUT2D eigenvalue weighted by atomic mass is 10.4. The Bertz CT molecular complexity index is 678. The largest absolute Gasteiger partial charge is 0.338 e. The topological polar surface area (TPSA) is 76.9 Å². The van der Waals surface area contributed by atoms with Crippen LogP contribution in [0.5, 0.6) is 0 Å². The van der Waals surface area contributed by atoms with Crippen molar-refractivity contribution in [3.63, 3.8) is 0 Å². The van der Waals surface area contributed by atoms with Crippen LogP contribution in [0.2, 0.25) is 4.47 Å². The molecule has 19 heavy (non-hydrogen) atoms. The van der Waals surface area contributed by atoms with Gasteiger partial charge in [0.1, 0.15) is 5.82 Å². The average Bonchev–Trinajstić information content (AvgIpc) is 2.86. The van der Waals surface area contributed by atoms with E-state index in [1.165, 1.54) is 0 Å². The zero-order valence-corrected chi connectivity index (χ0v) is 12.8. The molecule has 0 unspecified atom stereocenters. The molecule has 2 aromatic rings. The summed E-state index contributed by atoms with van der Waals surface area (Å²) in [5.74, 6) is 0.821. The van der Waals surface area contributed by atoms with Crippen molar-refractivity contribution in [1.82, 2.24) is 19.3 Å². The molecule has 2 rings (SSSR count). The lowest BCUT2D eigenvalue weighted by Crippen LogP contribution is -2.26. The van der Waals surface area contributed by atoms with Crippen LogP contribution >= 0.6 is 22.9 Å². The Labute approximate surface area is 120 Å². The normalized spacial score (nSPS) is 11.9. The summed E-state index contributed by atoms with van der Waals surface area (Å²) in [6.07, 6.45) is 4.02. The quantitative estimate of drug-likeness (QED) is 0.902. The molecule has 0 fully saturated rings. The number of nitrogens with zero attached hydrogens (tertiary/aromatic N) is 3. The van der Waals surface area contributed by atoms with Crippen molar-refractivity contribution in [2.75, 3.05) is 6.54 Å². The predicted octanol–water partition coefficient (Wildman–Crippen LogP) is 1.36. The summed E-state index contributed by atoms with van der Waals surface area (Å²) in [4.78, 5) is 8.02. The molecule has 0 aliphatic carbocycles. The Hall–Kier alpha value is -0.960. The molecule has 2 heterocycles. The first-order valence-electron chi connectivity index (χ1n) is 5.49. The highest BCUT2D eigenvalue weighted by molar-refractivity contribution is 7.91. The van der Waals surface area contributed by atoms with Gasteiger partial charge in [-0.2, -0.15) is 0 Å². The minimum absolute atomic E-state index is 0.164. The van der Waals surface area contributed by atoms with E-state index in [0.717, 1.165) is 17.2 Å². The smallest absolute Gasteiger partial charge is 0.251 e. The zero-order chi connectivity index (χ0) is 14.0. The minimum Gasteiger partial charge on any atom is -0.338 e. The molecule has 0 aliphatic rings. The highest BCUT2D eigenvalue weighted by atomic mass is 35.5. The molecule has 104 valence electrons. The van der Waals surface area contributed by atoms with Gasteiger partial charge in [0, 0.05) is 32.4 Å². The van der Waals surface area contributed by atoms with Crippen molar-refractivity contribution in [3.8, 4) is 0 Å². The fraction of sp³-hybridized carbons (Fsp3) is 0.400. The van der Waals surface area contributed by atoms with Crippen LogP contribution in [0.3, 0.4) is 0 Å². The van der Waals surface area contributed by atoms with Crippen LogP contribution in [0.15, 0.2) is 16.6 Å². The van der Waals surface area contributed by atoms with Gasteiger partial charge in [-0.25, -0.2) is 23.1 Å². The molecule has 0 atom stereocenters. The molecule has 0 saturated heterocycles. The van der Waals surface area contributed by atoms with Crippen LogP contribution in [0.1, 0.15) is 11.5 Å². The lowest BCUT2D eigenvalue weighted by molar-refractivity contribution is 0.581. The molecule has 0 aromatic carbocycles. The van der Waals surface area contributed by atoms with E-state index in [2.05, 4.69) is 14.7 Å². The molecule has 0 amide bonds. The summed E-state index contributed by atoms with van der Waals surface area (Å²) >= 11 is 6.67. The second-order valence-corrected chi connectivity index (χ2v) is 7.49. The third-order valence-electron chi connectivity index (χ3n) is 2.53. The van der Waals surface area contributed by atoms with E-state index in [1.54, 1.807) is 13.1 Å². The molecule has 2 aromatic heterocycles. The van der Waals surface area contributed by atoms with Gasteiger partial charge in [-0.3, -0.25) is 0 Å². The fourth-order valence-electron chi connectivity index (χ4n) is 1.60. The highest BCUT2D eigenvalue weighted by Crippen LogP contribution is 2.26. The number of thiazole rings is 1. The molecule has 1 N–H and O–H groups in total. The molecule has 0 spiro atoms. The Morgan fingerprint density at radius 3 is 2.79 bits per heavy atom. The van der Waals surface area contributed by atoms with Crippen molar-refractivity contribution in [1.29, 1.82) is 0 Å². The molecule has 0 saturated carbocycles. The van der Waals surface area contributed by atoms with E-state index in [9.17, 15) is 8.42 Å². The number of hydrogen-bond acceptors (Lipinski definition) is 5. The van der Waals surface area contributed by atoms with Crippen molar-refractivity contribution in [2.45, 2.75) is 17.6 Å². The Balaban J connectivity index is 2.03. The SMILES string of the molecule is Cc1nc(Cl)sc1S(=O)(=O)NCCc1nccn1C. The molecular formula is C10H13ClN4O2S2. The maximum Gasteiger partial charge on any atom is 0.251 e. The van der Waals surface area contributed by atoms with Gasteiger partial charge in [0.2, 0.25) is 0 Å². The summed E-state index contributed by atoms with van der Waals surface area (Å²) in [5.41, 5.74) is 0.416. The van der Waals surface area contributed by atoms with Gasteiger partial charge in [-0.15, -0.1) is 0 Å². The van der Waals surface area contributed by atoms with Gasteiger partial charge >= 0.3 is 0 Å². The van der Waals surface area contributed by atoms with Crippen LogP contribution < -0.4 is 4.72 Å². The number of imidazole rings is 1. The van der Waals surface area contributed by atoms with Gasteiger partial charge in [0.15, 0.2) is 8.68 Å². The van der Waals surface area contributed by atoms with Gasteiger partial charge in [0.25, 0.3) is 10.0 Å². The van der Waals surface area contributed by atoms with Gasteiger partial charge in [-0.05, 0) is 6.92 Å². The van der Waals surface area contributed by atoms with Crippen molar-refractivity contribution in [2.24, 2.45) is 7.05 Å². The zero-order valence-electron chi connectivity index (χ0n) is 10.4. The second kappa shape index (κ2) is 5.58. The second-order valence-electron chi connectivity index (χ2n) is 3.94. The molecule has 9 heteroatoms. The number of aryl methyl sites for hydroxylation is 2. The number of halogens is 1. The first kappa shape index (κ1) is 14.4. The number of aromatic nitrogens is 3. The van der Waals surface area contributed by atoms with E-state index in [0.29, 0.717) is 12.1 Å². The van der Waals surface area contributed by atoms with Crippen LogP contribution in [-0.4, -0.2) is 29.5 Å². The van der Waals surface area contributed by atoms with Gasteiger partial charge in [-0.1, -0.05) is 22.9 Å². The van der Waals surface area contributed by atoms with Crippen LogP contribution in [0.4, 0.5) is 0 Å². The first-order valence-corrected chi connectivity index (χ1v) is 8.16. The highest BCUT2D eigenvalue weighted by Gasteiger charge is 2.20. The van der Waals surface area contributed by atoms with Crippen molar-refractivity contribution >= 4 is 33.0 Å². The minimum atomic E-state index is -3.55. The Morgan fingerprint density at radius 2 is 2.26 bits per heavy atom. The van der Waals surface area contributed by atoms with E-state index in [4.69, 9.17) is 11.6 Å². The summed E-state index contributed by atoms with van der Waals surface area (Å²) in [6.45, 7) is 1.90. The maximum atomic E-state index is 12.1. The van der Waals surface area contributed by atoms with E-state index >= 15 is 0 Å². The molecular weight excluding hydrogens is 308 g/mol. The van der Waals surface area contributed by atoms with E-state index < -0.39 is 10.0 Å². The molecule has 0 radical (unpaired) electrons. The lowest BCUT2D eigenvalue weighted by Gasteiger charge is -2.05. The Morgan fingerprint density at radius 1 is 1.53 bits per heavy atom. The Kier molecular flexibility index (Phi) is 4.24. The summed E-state index contributed by atoms with van der Waals surface area (Å²) < 4.78 is 28.9. The van der Waals surface area contributed by atoms with Crippen molar-refractivity contribution < 1.29 is 8.42 Å². The molecule has 0 aliphatic heterocycles. The fourth-order valence-corrected chi connectivity index (χ4v) is 4.41. The van der Waals surface area contributed by atoms with Crippen LogP contribution in [0, 0.1) is 6.92 Å². The maximum absolute atomic E-state index is 12.1. The molecule has 6 nitrogen and oxygen atoms in total. The number of hydrogen-bond donors (Lipinski definition) is 1. The summed E-state index contributed by atoms with van der Waals surface area (Å²) in [7, 11) is -1.69.